The van der Waals surface area contributed by atoms with Crippen molar-refractivity contribution in [2.24, 2.45) is 5.73 Å². The molecule has 0 saturated heterocycles. The summed E-state index contributed by atoms with van der Waals surface area (Å²) in [6.07, 6.45) is 3.75. The standard InChI is InChI=1S/C20H22Cl2FN3/c21-18-4-1-13(9-19(18)22)14(11-24)5-7-25-8-6-15-12-26-20-10-16(23)2-3-17(15)20/h1-4,9-10,12,14,25-26H,5-8,11,24H2. The molecule has 0 spiro atoms. The fraction of sp³-hybridized carbons (Fsp3) is 0.300. The number of hydrogen-bond acceptors (Lipinski definition) is 2. The first-order valence-corrected chi connectivity index (χ1v) is 9.45. The Balaban J connectivity index is 1.49. The Morgan fingerprint density at radius 3 is 2.69 bits per heavy atom. The van der Waals surface area contributed by atoms with Crippen LogP contribution in [0.1, 0.15) is 23.5 Å². The van der Waals surface area contributed by atoms with Crippen molar-refractivity contribution < 1.29 is 4.39 Å². The number of aromatic nitrogens is 1. The van der Waals surface area contributed by atoms with Gasteiger partial charge in [-0.15, -0.1) is 0 Å². The molecule has 0 radical (unpaired) electrons. The normalized spacial score (nSPS) is 12.6. The van der Waals surface area contributed by atoms with Crippen molar-refractivity contribution in [2.75, 3.05) is 19.6 Å². The van der Waals surface area contributed by atoms with Crippen molar-refractivity contribution in [2.45, 2.75) is 18.8 Å². The smallest absolute Gasteiger partial charge is 0.125 e. The molecule has 3 aromatic rings. The van der Waals surface area contributed by atoms with Gasteiger partial charge in [-0.3, -0.25) is 0 Å². The maximum Gasteiger partial charge on any atom is 0.125 e. The van der Waals surface area contributed by atoms with E-state index in [9.17, 15) is 4.39 Å². The summed E-state index contributed by atoms with van der Waals surface area (Å²) in [7, 11) is 0. The summed E-state index contributed by atoms with van der Waals surface area (Å²) in [5.41, 5.74) is 9.06. The van der Waals surface area contributed by atoms with Crippen LogP contribution in [0.3, 0.4) is 0 Å². The zero-order valence-electron chi connectivity index (χ0n) is 14.4. The molecule has 0 aliphatic carbocycles. The van der Waals surface area contributed by atoms with Gasteiger partial charge in [-0.05, 0) is 79.9 Å². The summed E-state index contributed by atoms with van der Waals surface area (Å²) >= 11 is 12.1. The van der Waals surface area contributed by atoms with E-state index in [1.54, 1.807) is 0 Å². The molecule has 3 rings (SSSR count). The van der Waals surface area contributed by atoms with Gasteiger partial charge in [-0.1, -0.05) is 29.3 Å². The fourth-order valence-corrected chi connectivity index (χ4v) is 3.48. The number of rotatable bonds is 8. The average molecular weight is 394 g/mol. The molecule has 3 nitrogen and oxygen atoms in total. The van der Waals surface area contributed by atoms with E-state index in [0.29, 0.717) is 16.6 Å². The fourth-order valence-electron chi connectivity index (χ4n) is 3.18. The van der Waals surface area contributed by atoms with Crippen molar-refractivity contribution in [3.8, 4) is 0 Å². The first-order valence-electron chi connectivity index (χ1n) is 8.69. The maximum absolute atomic E-state index is 13.2. The highest BCUT2D eigenvalue weighted by Gasteiger charge is 2.11. The topological polar surface area (TPSA) is 53.8 Å². The Bertz CT molecular complexity index is 879. The molecule has 0 fully saturated rings. The van der Waals surface area contributed by atoms with E-state index in [0.717, 1.165) is 42.4 Å². The van der Waals surface area contributed by atoms with E-state index >= 15 is 0 Å². The van der Waals surface area contributed by atoms with Gasteiger partial charge in [0.1, 0.15) is 5.82 Å². The largest absolute Gasteiger partial charge is 0.361 e. The molecule has 6 heteroatoms. The van der Waals surface area contributed by atoms with Gasteiger partial charge in [0.2, 0.25) is 0 Å². The molecule has 0 aliphatic heterocycles. The van der Waals surface area contributed by atoms with Gasteiger partial charge in [0, 0.05) is 17.1 Å². The minimum Gasteiger partial charge on any atom is -0.361 e. The van der Waals surface area contributed by atoms with Crippen LogP contribution in [0.25, 0.3) is 10.9 Å². The highest BCUT2D eigenvalue weighted by atomic mass is 35.5. The minimum absolute atomic E-state index is 0.223. The lowest BCUT2D eigenvalue weighted by molar-refractivity contribution is 0.573. The molecule has 2 aromatic carbocycles. The number of nitrogens with one attached hydrogen (secondary N) is 2. The summed E-state index contributed by atoms with van der Waals surface area (Å²) in [4.78, 5) is 3.12. The lowest BCUT2D eigenvalue weighted by Gasteiger charge is -2.16. The predicted molar refractivity (Wildman–Crippen MR) is 108 cm³/mol. The molecule has 26 heavy (non-hydrogen) atoms. The number of benzene rings is 2. The first-order chi connectivity index (χ1) is 12.6. The number of aromatic amines is 1. The molecule has 1 unspecified atom stereocenters. The molecular weight excluding hydrogens is 372 g/mol. The van der Waals surface area contributed by atoms with Crippen molar-refractivity contribution in [3.05, 3.63) is 69.6 Å². The van der Waals surface area contributed by atoms with E-state index in [1.165, 1.54) is 17.7 Å². The van der Waals surface area contributed by atoms with Gasteiger partial charge in [0.15, 0.2) is 0 Å². The number of fused-ring (bicyclic) bond motifs is 1. The molecule has 1 atom stereocenters. The average Bonchev–Trinajstić information content (AvgIpc) is 3.02. The second-order valence-electron chi connectivity index (χ2n) is 6.40. The molecule has 0 aliphatic rings. The van der Waals surface area contributed by atoms with E-state index in [4.69, 9.17) is 28.9 Å². The highest BCUT2D eigenvalue weighted by Crippen LogP contribution is 2.27. The van der Waals surface area contributed by atoms with Crippen LogP contribution in [-0.2, 0) is 6.42 Å². The lowest BCUT2D eigenvalue weighted by Crippen LogP contribution is -2.23. The van der Waals surface area contributed by atoms with Crippen molar-refractivity contribution >= 4 is 34.1 Å². The SMILES string of the molecule is NCC(CCNCCc1c[nH]c2cc(F)ccc12)c1ccc(Cl)c(Cl)c1. The van der Waals surface area contributed by atoms with E-state index in [-0.39, 0.29) is 11.7 Å². The van der Waals surface area contributed by atoms with Gasteiger partial charge in [-0.25, -0.2) is 4.39 Å². The Morgan fingerprint density at radius 2 is 1.92 bits per heavy atom. The molecule has 4 N–H and O–H groups in total. The summed E-state index contributed by atoms with van der Waals surface area (Å²) in [5, 5.41) is 5.65. The zero-order chi connectivity index (χ0) is 18.5. The van der Waals surface area contributed by atoms with Gasteiger partial charge in [-0.2, -0.15) is 0 Å². The lowest BCUT2D eigenvalue weighted by atomic mass is 9.96. The summed E-state index contributed by atoms with van der Waals surface area (Å²) in [5.74, 6) is 0.0208. The second kappa shape index (κ2) is 8.87. The van der Waals surface area contributed by atoms with E-state index < -0.39 is 0 Å². The third-order valence-corrected chi connectivity index (χ3v) is 5.41. The molecule has 0 saturated carbocycles. The molecular formula is C20H22Cl2FN3. The Morgan fingerprint density at radius 1 is 1.08 bits per heavy atom. The van der Waals surface area contributed by atoms with Gasteiger partial charge < -0.3 is 16.0 Å². The van der Waals surface area contributed by atoms with Crippen LogP contribution in [0.4, 0.5) is 4.39 Å². The van der Waals surface area contributed by atoms with Crippen LogP contribution in [0, 0.1) is 5.82 Å². The van der Waals surface area contributed by atoms with Gasteiger partial charge >= 0.3 is 0 Å². The zero-order valence-corrected chi connectivity index (χ0v) is 15.9. The third-order valence-electron chi connectivity index (χ3n) is 4.67. The molecule has 0 bridgehead atoms. The molecule has 1 aromatic heterocycles. The van der Waals surface area contributed by atoms with Crippen LogP contribution in [0.2, 0.25) is 10.0 Å². The van der Waals surface area contributed by atoms with Crippen molar-refractivity contribution in [1.29, 1.82) is 0 Å². The highest BCUT2D eigenvalue weighted by molar-refractivity contribution is 6.42. The van der Waals surface area contributed by atoms with Crippen LogP contribution >= 0.6 is 23.2 Å². The predicted octanol–water partition coefficient (Wildman–Crippen LogP) is 4.88. The number of H-pyrrole nitrogens is 1. The quantitative estimate of drug-likeness (QED) is 0.477. The Kier molecular flexibility index (Phi) is 6.54. The maximum atomic E-state index is 13.2. The number of hydrogen-bond donors (Lipinski definition) is 3. The van der Waals surface area contributed by atoms with Crippen molar-refractivity contribution in [3.63, 3.8) is 0 Å². The first kappa shape index (κ1) is 19.2. The van der Waals surface area contributed by atoms with Gasteiger partial charge in [0.05, 0.1) is 10.0 Å². The minimum atomic E-state index is -0.223. The number of nitrogens with two attached hydrogens (primary N) is 1. The summed E-state index contributed by atoms with van der Waals surface area (Å²) < 4.78 is 13.2. The third kappa shape index (κ3) is 4.57. The molecule has 138 valence electrons. The summed E-state index contributed by atoms with van der Waals surface area (Å²) in [6.45, 7) is 2.27. The Labute approximate surface area is 162 Å². The van der Waals surface area contributed by atoms with Crippen LogP contribution in [0.5, 0.6) is 0 Å². The van der Waals surface area contributed by atoms with Crippen LogP contribution in [0.15, 0.2) is 42.6 Å². The van der Waals surface area contributed by atoms with E-state index in [2.05, 4.69) is 10.3 Å². The van der Waals surface area contributed by atoms with Gasteiger partial charge in [0.25, 0.3) is 0 Å². The monoisotopic (exact) mass is 393 g/mol. The van der Waals surface area contributed by atoms with Crippen LogP contribution < -0.4 is 11.1 Å². The molecule has 1 heterocycles. The van der Waals surface area contributed by atoms with Crippen molar-refractivity contribution in [1.82, 2.24) is 10.3 Å². The van der Waals surface area contributed by atoms with E-state index in [1.807, 2.05) is 30.5 Å². The van der Waals surface area contributed by atoms with Crippen LogP contribution in [-0.4, -0.2) is 24.6 Å². The Hall–Kier alpha value is -1.59. The second-order valence-corrected chi connectivity index (χ2v) is 7.21. The molecule has 0 amide bonds. The number of halogens is 3. The summed E-state index contributed by atoms with van der Waals surface area (Å²) in [6, 6.07) is 10.5.